The maximum Gasteiger partial charge on any atom is 0.223 e. The summed E-state index contributed by atoms with van der Waals surface area (Å²) in [6.45, 7) is 8.95. The number of aromatic nitrogens is 1. The summed E-state index contributed by atoms with van der Waals surface area (Å²) in [7, 11) is 4.86. The molecule has 7 nitrogen and oxygen atoms in total. The Balaban J connectivity index is 1.78. The number of benzene rings is 2. The van der Waals surface area contributed by atoms with Gasteiger partial charge in [-0.2, -0.15) is 0 Å². The predicted octanol–water partition coefficient (Wildman–Crippen LogP) is 7.75. The smallest absolute Gasteiger partial charge is 0.223 e. The monoisotopic (exact) mass is 634 g/mol. The lowest BCUT2D eigenvalue weighted by atomic mass is 9.86. The first-order valence-electron chi connectivity index (χ1n) is 14.6. The summed E-state index contributed by atoms with van der Waals surface area (Å²) in [5, 5.41) is 0. The van der Waals surface area contributed by atoms with Crippen LogP contribution in [0, 0.1) is 0 Å². The molecule has 1 fully saturated rings. The van der Waals surface area contributed by atoms with Crippen LogP contribution in [0.4, 0.5) is 0 Å². The van der Waals surface area contributed by atoms with Crippen LogP contribution >= 0.6 is 24.0 Å². The van der Waals surface area contributed by atoms with E-state index in [4.69, 9.17) is 36.1 Å². The first kappa shape index (κ1) is 33.3. The van der Waals surface area contributed by atoms with E-state index in [1.165, 1.54) is 17.3 Å². The van der Waals surface area contributed by atoms with Gasteiger partial charge in [0.15, 0.2) is 0 Å². The molecule has 1 aromatic heterocycles. The van der Waals surface area contributed by atoms with Crippen LogP contribution in [0.1, 0.15) is 74.6 Å². The second-order valence-electron chi connectivity index (χ2n) is 11.7. The SMILES string of the molecule is COc1ccc(CN2C(=O)CC[C@@H]2/C=C(\c2ccc(C(C)(C)C)cc2)c2ccc(C(C)OC(=S)SC)c(OC)n2)c(OC)c1. The molecule has 0 bridgehead atoms. The Labute approximate surface area is 270 Å². The molecule has 1 saturated heterocycles. The molecule has 1 amide bonds. The average Bonchev–Trinajstić information content (AvgIpc) is 3.37. The van der Waals surface area contributed by atoms with Crippen LogP contribution < -0.4 is 14.2 Å². The van der Waals surface area contributed by atoms with E-state index in [1.807, 2.05) is 48.4 Å². The first-order chi connectivity index (χ1) is 21.0. The summed E-state index contributed by atoms with van der Waals surface area (Å²) in [5.41, 5.74) is 5.66. The number of nitrogens with zero attached hydrogens (tertiary/aromatic N) is 2. The van der Waals surface area contributed by atoms with Crippen molar-refractivity contribution < 1.29 is 23.7 Å². The quantitative estimate of drug-likeness (QED) is 0.210. The van der Waals surface area contributed by atoms with Gasteiger partial charge in [-0.05, 0) is 72.6 Å². The Kier molecular flexibility index (Phi) is 11.0. The third kappa shape index (κ3) is 7.74. The lowest BCUT2D eigenvalue weighted by Crippen LogP contribution is -2.31. The zero-order chi connectivity index (χ0) is 32.0. The maximum absolute atomic E-state index is 13.2. The van der Waals surface area contributed by atoms with Crippen molar-refractivity contribution in [1.29, 1.82) is 0 Å². The van der Waals surface area contributed by atoms with Crippen molar-refractivity contribution in [1.82, 2.24) is 9.88 Å². The minimum Gasteiger partial charge on any atom is -0.497 e. The van der Waals surface area contributed by atoms with Gasteiger partial charge in [-0.1, -0.05) is 62.9 Å². The Morgan fingerprint density at radius 3 is 2.41 bits per heavy atom. The van der Waals surface area contributed by atoms with Crippen LogP contribution in [0.3, 0.4) is 0 Å². The molecule has 1 aliphatic rings. The highest BCUT2D eigenvalue weighted by atomic mass is 32.2. The first-order valence-corrected chi connectivity index (χ1v) is 16.2. The molecule has 2 atom stereocenters. The zero-order valence-electron chi connectivity index (χ0n) is 26.8. The summed E-state index contributed by atoms with van der Waals surface area (Å²) >= 11 is 6.66. The fraction of sp³-hybridized carbons (Fsp3) is 0.400. The number of thioether (sulfide) groups is 1. The molecule has 4 rings (SSSR count). The molecule has 2 heterocycles. The van der Waals surface area contributed by atoms with Crippen molar-refractivity contribution in [3.8, 4) is 17.4 Å². The molecular formula is C35H42N2O5S2. The van der Waals surface area contributed by atoms with Gasteiger partial charge in [-0.3, -0.25) is 4.79 Å². The van der Waals surface area contributed by atoms with Crippen LogP contribution in [-0.2, 0) is 21.5 Å². The third-order valence-electron chi connectivity index (χ3n) is 7.87. The fourth-order valence-corrected chi connectivity index (χ4v) is 5.69. The number of amides is 1. The van der Waals surface area contributed by atoms with Gasteiger partial charge in [0.25, 0.3) is 0 Å². The molecule has 44 heavy (non-hydrogen) atoms. The summed E-state index contributed by atoms with van der Waals surface area (Å²) in [6.07, 6.45) is 4.89. The summed E-state index contributed by atoms with van der Waals surface area (Å²) in [5.74, 6) is 1.96. The van der Waals surface area contributed by atoms with Gasteiger partial charge >= 0.3 is 0 Å². The van der Waals surface area contributed by atoms with Gasteiger partial charge in [0.2, 0.25) is 16.2 Å². The van der Waals surface area contributed by atoms with Gasteiger partial charge in [-0.15, -0.1) is 0 Å². The standard InChI is InChI=1S/C35H42N2O5S2/c1-22(42-34(43)44-8)28-16-17-30(36-33(28)41-7)29(23-9-12-25(13-10-23)35(2,3)4)19-26-14-18-32(38)37(26)21-24-11-15-27(39-5)20-31(24)40-6/h9-13,15-17,19-20,22,26H,14,18,21H2,1-8H3/b29-19+/t22?,26-/m1/s1. The van der Waals surface area contributed by atoms with E-state index < -0.39 is 0 Å². The number of carbonyl (C=O) groups excluding carboxylic acids is 1. The number of methoxy groups -OCH3 is 3. The van der Waals surface area contributed by atoms with Crippen LogP contribution in [0.2, 0.25) is 0 Å². The maximum atomic E-state index is 13.2. The lowest BCUT2D eigenvalue weighted by molar-refractivity contribution is -0.129. The van der Waals surface area contributed by atoms with Crippen molar-refractivity contribution in [2.24, 2.45) is 0 Å². The second kappa shape index (κ2) is 14.5. The van der Waals surface area contributed by atoms with Crippen LogP contribution in [0.25, 0.3) is 5.57 Å². The fourth-order valence-electron chi connectivity index (χ4n) is 5.30. The van der Waals surface area contributed by atoms with Crippen LogP contribution in [0.15, 0.2) is 60.7 Å². The summed E-state index contributed by atoms with van der Waals surface area (Å²) in [6, 6.07) is 18.1. The van der Waals surface area contributed by atoms with Gasteiger partial charge in [0, 0.05) is 30.2 Å². The van der Waals surface area contributed by atoms with Crippen LogP contribution in [0.5, 0.6) is 17.4 Å². The van der Waals surface area contributed by atoms with E-state index in [-0.39, 0.29) is 23.5 Å². The molecule has 0 saturated carbocycles. The van der Waals surface area contributed by atoms with E-state index >= 15 is 0 Å². The normalized spacial score (nSPS) is 16.1. The second-order valence-corrected chi connectivity index (χ2v) is 13.1. The average molecular weight is 635 g/mol. The lowest BCUT2D eigenvalue weighted by Gasteiger charge is -2.25. The molecule has 3 aromatic rings. The van der Waals surface area contributed by atoms with Crippen molar-refractivity contribution in [3.63, 3.8) is 0 Å². The Morgan fingerprint density at radius 2 is 1.80 bits per heavy atom. The number of rotatable bonds is 10. The Morgan fingerprint density at radius 1 is 1.07 bits per heavy atom. The highest BCUT2D eigenvalue weighted by Gasteiger charge is 2.31. The molecule has 1 unspecified atom stereocenters. The predicted molar refractivity (Wildman–Crippen MR) is 182 cm³/mol. The van der Waals surface area contributed by atoms with Crippen molar-refractivity contribution in [3.05, 3.63) is 88.6 Å². The van der Waals surface area contributed by atoms with Gasteiger partial charge < -0.3 is 23.8 Å². The van der Waals surface area contributed by atoms with E-state index in [0.717, 1.165) is 28.0 Å². The zero-order valence-corrected chi connectivity index (χ0v) is 28.4. The highest BCUT2D eigenvalue weighted by molar-refractivity contribution is 8.22. The summed E-state index contributed by atoms with van der Waals surface area (Å²) < 4.78 is 23.1. The van der Waals surface area contributed by atoms with Crippen LogP contribution in [-0.4, -0.2) is 53.8 Å². The minimum absolute atomic E-state index is 0.0190. The van der Waals surface area contributed by atoms with E-state index in [9.17, 15) is 4.79 Å². The summed E-state index contributed by atoms with van der Waals surface area (Å²) in [4.78, 5) is 20.1. The van der Waals surface area contributed by atoms with Crippen molar-refractivity contribution in [2.45, 2.75) is 64.6 Å². The van der Waals surface area contributed by atoms with Gasteiger partial charge in [0.1, 0.15) is 17.6 Å². The Hall–Kier alpha value is -3.56. The number of likely N-dealkylation sites (tertiary alicyclic amines) is 1. The molecule has 0 aliphatic carbocycles. The highest BCUT2D eigenvalue weighted by Crippen LogP contribution is 2.35. The number of thiocarbonyl (C=S) groups is 1. The number of hydrogen-bond acceptors (Lipinski definition) is 8. The molecule has 234 valence electrons. The molecular weight excluding hydrogens is 593 g/mol. The number of carbonyl (C=O) groups is 1. The molecule has 1 aliphatic heterocycles. The number of pyridine rings is 1. The van der Waals surface area contributed by atoms with Gasteiger partial charge in [0.05, 0.1) is 38.6 Å². The number of hydrogen-bond donors (Lipinski definition) is 0. The van der Waals surface area contributed by atoms with Gasteiger partial charge in [-0.25, -0.2) is 4.98 Å². The number of ether oxygens (including phenoxy) is 4. The Bertz CT molecular complexity index is 1510. The largest absolute Gasteiger partial charge is 0.497 e. The van der Waals surface area contributed by atoms with E-state index in [1.54, 1.807) is 21.3 Å². The third-order valence-corrected chi connectivity index (χ3v) is 8.89. The van der Waals surface area contributed by atoms with E-state index in [0.29, 0.717) is 41.1 Å². The van der Waals surface area contributed by atoms with Crippen molar-refractivity contribution >= 4 is 39.8 Å². The van der Waals surface area contributed by atoms with E-state index in [2.05, 4.69) is 51.1 Å². The molecule has 0 radical (unpaired) electrons. The van der Waals surface area contributed by atoms with Crippen molar-refractivity contribution in [2.75, 3.05) is 27.6 Å². The molecule has 9 heteroatoms. The molecule has 2 aromatic carbocycles. The topological polar surface area (TPSA) is 70.1 Å². The molecule has 0 N–H and O–H groups in total. The molecule has 0 spiro atoms. The minimum atomic E-state index is -0.327.